The molecule has 0 aromatic heterocycles. The Hall–Kier alpha value is -3.23. The number of fused-ring (bicyclic) bond motifs is 1. The number of methoxy groups -OCH3 is 1. The second kappa shape index (κ2) is 10.3. The highest BCUT2D eigenvalue weighted by Crippen LogP contribution is 2.41. The third kappa shape index (κ3) is 5.86. The number of halogens is 1. The summed E-state index contributed by atoms with van der Waals surface area (Å²) in [6, 6.07) is 16.5. The van der Waals surface area contributed by atoms with E-state index in [1.807, 2.05) is 32.9 Å². The van der Waals surface area contributed by atoms with Crippen LogP contribution in [0.1, 0.15) is 43.0 Å². The number of hydrogen-bond donors (Lipinski definition) is 1. The van der Waals surface area contributed by atoms with Crippen LogP contribution >= 0.6 is 11.6 Å². The van der Waals surface area contributed by atoms with Crippen molar-refractivity contribution in [3.63, 3.8) is 0 Å². The molecular formula is C28H31ClN2O5S. The SMILES string of the molecule is COc1ccc2c(c1)C(NC(=O)CN(c1ccc(Cl)cc1C)S(=O)(=O)c1ccc(C)cc1)CC(C)(C)O2. The van der Waals surface area contributed by atoms with Crippen molar-refractivity contribution in [1.29, 1.82) is 0 Å². The average molecular weight is 543 g/mol. The first-order valence-electron chi connectivity index (χ1n) is 11.9. The molecule has 0 saturated heterocycles. The van der Waals surface area contributed by atoms with E-state index in [4.69, 9.17) is 21.1 Å². The normalized spacial score (nSPS) is 16.3. The fourth-order valence-electron chi connectivity index (χ4n) is 4.49. The molecule has 9 heteroatoms. The van der Waals surface area contributed by atoms with E-state index in [1.165, 1.54) is 0 Å². The first-order valence-corrected chi connectivity index (χ1v) is 13.7. The van der Waals surface area contributed by atoms with Gasteiger partial charge in [-0.15, -0.1) is 0 Å². The summed E-state index contributed by atoms with van der Waals surface area (Å²) >= 11 is 6.13. The number of hydrogen-bond acceptors (Lipinski definition) is 5. The van der Waals surface area contributed by atoms with E-state index < -0.39 is 34.1 Å². The summed E-state index contributed by atoms with van der Waals surface area (Å²) < 4.78 is 40.1. The lowest BCUT2D eigenvalue weighted by molar-refractivity contribution is -0.120. The van der Waals surface area contributed by atoms with Crippen molar-refractivity contribution >= 4 is 33.2 Å². The van der Waals surface area contributed by atoms with Crippen molar-refractivity contribution in [3.05, 3.63) is 82.4 Å². The van der Waals surface area contributed by atoms with Crippen LogP contribution in [0.2, 0.25) is 5.02 Å². The Labute approximate surface area is 223 Å². The van der Waals surface area contributed by atoms with Gasteiger partial charge in [0.25, 0.3) is 10.0 Å². The number of rotatable bonds is 7. The molecule has 0 bridgehead atoms. The second-order valence-corrected chi connectivity index (χ2v) is 12.1. The molecule has 0 radical (unpaired) electrons. The Morgan fingerprint density at radius 3 is 2.46 bits per heavy atom. The zero-order valence-electron chi connectivity index (χ0n) is 21.5. The van der Waals surface area contributed by atoms with Crippen molar-refractivity contribution < 1.29 is 22.7 Å². The first-order chi connectivity index (χ1) is 17.4. The van der Waals surface area contributed by atoms with Crippen LogP contribution < -0.4 is 19.1 Å². The predicted octanol–water partition coefficient (Wildman–Crippen LogP) is 5.58. The zero-order valence-corrected chi connectivity index (χ0v) is 23.1. The van der Waals surface area contributed by atoms with Crippen molar-refractivity contribution in [2.45, 2.75) is 50.7 Å². The van der Waals surface area contributed by atoms with Crippen LogP contribution in [0.4, 0.5) is 5.69 Å². The molecule has 0 fully saturated rings. The number of nitrogens with zero attached hydrogens (tertiary/aromatic N) is 1. The fraction of sp³-hybridized carbons (Fsp3) is 0.321. The van der Waals surface area contributed by atoms with Gasteiger partial charge in [-0.3, -0.25) is 9.10 Å². The van der Waals surface area contributed by atoms with Gasteiger partial charge in [-0.25, -0.2) is 8.42 Å². The van der Waals surface area contributed by atoms with Gasteiger partial charge in [-0.05, 0) is 81.8 Å². The van der Waals surface area contributed by atoms with Crippen molar-refractivity contribution in [1.82, 2.24) is 5.32 Å². The molecule has 1 N–H and O–H groups in total. The van der Waals surface area contributed by atoms with Crippen molar-refractivity contribution in [3.8, 4) is 11.5 Å². The van der Waals surface area contributed by atoms with Gasteiger partial charge < -0.3 is 14.8 Å². The maximum absolute atomic E-state index is 13.8. The van der Waals surface area contributed by atoms with Gasteiger partial charge in [0.05, 0.1) is 23.7 Å². The van der Waals surface area contributed by atoms with Gasteiger partial charge in [-0.1, -0.05) is 29.3 Å². The standard InChI is InChI=1S/C28H31ClN2O5S/c1-18-6-10-22(11-7-18)37(33,34)31(25-12-8-20(29)14-19(25)2)17-27(32)30-24-16-28(3,4)36-26-13-9-21(35-5)15-23(24)26/h6-15,24H,16-17H2,1-5H3,(H,30,32). The van der Waals surface area contributed by atoms with Crippen molar-refractivity contribution in [2.75, 3.05) is 18.0 Å². The van der Waals surface area contributed by atoms with E-state index in [-0.39, 0.29) is 4.90 Å². The Balaban J connectivity index is 1.68. The summed E-state index contributed by atoms with van der Waals surface area (Å²) in [6.45, 7) is 7.14. The Kier molecular flexibility index (Phi) is 7.44. The van der Waals surface area contributed by atoms with Crippen LogP contribution in [0.25, 0.3) is 0 Å². The maximum Gasteiger partial charge on any atom is 0.264 e. The van der Waals surface area contributed by atoms with E-state index in [0.717, 1.165) is 15.4 Å². The van der Waals surface area contributed by atoms with E-state index in [2.05, 4.69) is 5.32 Å². The van der Waals surface area contributed by atoms with E-state index >= 15 is 0 Å². The third-order valence-corrected chi connectivity index (χ3v) is 8.34. The third-order valence-electron chi connectivity index (χ3n) is 6.33. The van der Waals surface area contributed by atoms with Crippen molar-refractivity contribution in [2.24, 2.45) is 0 Å². The predicted molar refractivity (Wildman–Crippen MR) is 145 cm³/mol. The Morgan fingerprint density at radius 1 is 1.11 bits per heavy atom. The number of ether oxygens (including phenoxy) is 2. The molecule has 37 heavy (non-hydrogen) atoms. The summed E-state index contributed by atoms with van der Waals surface area (Å²) in [7, 11) is -2.48. The van der Waals surface area contributed by atoms with Gasteiger partial charge in [0, 0.05) is 17.0 Å². The number of aryl methyl sites for hydroxylation is 2. The molecule has 4 rings (SSSR count). The van der Waals surface area contributed by atoms with E-state index in [1.54, 1.807) is 62.6 Å². The molecule has 1 unspecified atom stereocenters. The van der Waals surface area contributed by atoms with Crippen LogP contribution in [-0.4, -0.2) is 33.6 Å². The van der Waals surface area contributed by atoms with Crippen LogP contribution in [0.15, 0.2) is 65.6 Å². The molecule has 0 spiro atoms. The van der Waals surface area contributed by atoms with Gasteiger partial charge in [-0.2, -0.15) is 0 Å². The minimum absolute atomic E-state index is 0.0996. The van der Waals surface area contributed by atoms with Crippen LogP contribution in [-0.2, 0) is 14.8 Å². The lowest BCUT2D eigenvalue weighted by atomic mass is 9.89. The van der Waals surface area contributed by atoms with Crippen LogP contribution in [0.5, 0.6) is 11.5 Å². The number of anilines is 1. The molecule has 1 heterocycles. The molecule has 3 aromatic carbocycles. The summed E-state index contributed by atoms with van der Waals surface area (Å²) in [5.41, 5.74) is 2.21. The fourth-order valence-corrected chi connectivity index (χ4v) is 6.21. The highest BCUT2D eigenvalue weighted by molar-refractivity contribution is 7.92. The lowest BCUT2D eigenvalue weighted by Crippen LogP contribution is -2.45. The molecule has 0 saturated carbocycles. The highest BCUT2D eigenvalue weighted by atomic mass is 35.5. The largest absolute Gasteiger partial charge is 0.497 e. The Bertz CT molecular complexity index is 1420. The van der Waals surface area contributed by atoms with Crippen LogP contribution in [0, 0.1) is 13.8 Å². The van der Waals surface area contributed by atoms with Gasteiger partial charge >= 0.3 is 0 Å². The minimum Gasteiger partial charge on any atom is -0.497 e. The highest BCUT2D eigenvalue weighted by Gasteiger charge is 2.36. The summed E-state index contributed by atoms with van der Waals surface area (Å²) in [4.78, 5) is 13.6. The average Bonchev–Trinajstić information content (AvgIpc) is 2.82. The number of benzene rings is 3. The maximum atomic E-state index is 13.8. The quantitative estimate of drug-likeness (QED) is 0.421. The summed E-state index contributed by atoms with van der Waals surface area (Å²) in [5, 5.41) is 3.52. The number of carbonyl (C=O) groups excluding carboxylic acids is 1. The first kappa shape index (κ1) is 26.8. The number of nitrogens with one attached hydrogen (secondary N) is 1. The molecule has 1 aliphatic heterocycles. The van der Waals surface area contributed by atoms with E-state index in [0.29, 0.717) is 34.2 Å². The topological polar surface area (TPSA) is 84.9 Å². The van der Waals surface area contributed by atoms with Gasteiger partial charge in [0.2, 0.25) is 5.91 Å². The Morgan fingerprint density at radius 2 is 1.81 bits per heavy atom. The molecule has 1 atom stereocenters. The molecule has 3 aromatic rings. The molecular weight excluding hydrogens is 512 g/mol. The molecule has 196 valence electrons. The molecule has 7 nitrogen and oxygen atoms in total. The van der Waals surface area contributed by atoms with E-state index in [9.17, 15) is 13.2 Å². The summed E-state index contributed by atoms with van der Waals surface area (Å²) in [6.07, 6.45) is 0.504. The number of sulfonamides is 1. The lowest BCUT2D eigenvalue weighted by Gasteiger charge is -2.38. The van der Waals surface area contributed by atoms with Gasteiger partial charge in [0.1, 0.15) is 23.6 Å². The second-order valence-electron chi connectivity index (χ2n) is 9.85. The molecule has 1 amide bonds. The van der Waals surface area contributed by atoms with Gasteiger partial charge in [0.15, 0.2) is 0 Å². The molecule has 1 aliphatic rings. The zero-order chi connectivity index (χ0) is 27.0. The number of carbonyl (C=O) groups is 1. The minimum atomic E-state index is -4.05. The smallest absolute Gasteiger partial charge is 0.264 e. The molecule has 0 aliphatic carbocycles. The monoisotopic (exact) mass is 542 g/mol. The number of amides is 1. The summed E-state index contributed by atoms with van der Waals surface area (Å²) in [5.74, 6) is 0.850. The van der Waals surface area contributed by atoms with Crippen LogP contribution in [0.3, 0.4) is 0 Å².